The maximum absolute atomic E-state index is 11.8. The van der Waals surface area contributed by atoms with Gasteiger partial charge < -0.3 is 14.6 Å². The summed E-state index contributed by atoms with van der Waals surface area (Å²) in [5.41, 5.74) is -0.340. The lowest BCUT2D eigenvalue weighted by atomic mass is 10.3. The molecule has 2 rings (SSSR count). The van der Waals surface area contributed by atoms with Gasteiger partial charge in [0.15, 0.2) is 0 Å². The van der Waals surface area contributed by atoms with Crippen molar-refractivity contribution in [3.8, 4) is 5.75 Å². The molecule has 0 saturated carbocycles. The summed E-state index contributed by atoms with van der Waals surface area (Å²) < 4.78 is 6.30. The quantitative estimate of drug-likeness (QED) is 0.841. The average Bonchev–Trinajstić information content (AvgIpc) is 2.47. The van der Waals surface area contributed by atoms with Crippen molar-refractivity contribution in [1.82, 2.24) is 9.55 Å². The molecule has 1 heterocycles. The van der Waals surface area contributed by atoms with E-state index in [1.165, 1.54) is 16.8 Å². The van der Waals surface area contributed by atoms with Gasteiger partial charge in [0, 0.05) is 30.9 Å². The number of aryl methyl sites for hydroxylation is 1. The van der Waals surface area contributed by atoms with Crippen LogP contribution >= 0.6 is 0 Å². The van der Waals surface area contributed by atoms with Crippen LogP contribution in [0, 0.1) is 0 Å². The van der Waals surface area contributed by atoms with E-state index in [1.54, 1.807) is 31.4 Å². The molecular formula is C14H15N3O4. The molecule has 0 aliphatic heterocycles. The lowest BCUT2D eigenvalue weighted by Crippen LogP contribution is -2.29. The van der Waals surface area contributed by atoms with E-state index in [4.69, 9.17) is 4.74 Å². The molecule has 7 nitrogen and oxygen atoms in total. The van der Waals surface area contributed by atoms with Gasteiger partial charge in [-0.2, -0.15) is 0 Å². The maximum Gasteiger partial charge on any atom is 0.328 e. The van der Waals surface area contributed by atoms with Gasteiger partial charge in [-0.05, 0) is 24.3 Å². The molecule has 0 bridgehead atoms. The first-order valence-electron chi connectivity index (χ1n) is 6.32. The topological polar surface area (TPSA) is 93.2 Å². The second kappa shape index (κ2) is 6.56. The number of hydrogen-bond acceptors (Lipinski definition) is 4. The Morgan fingerprint density at radius 1 is 1.24 bits per heavy atom. The zero-order valence-corrected chi connectivity index (χ0v) is 11.5. The molecule has 1 amide bonds. The molecule has 0 unspecified atom stereocenters. The number of anilines is 1. The van der Waals surface area contributed by atoms with E-state index in [2.05, 4.69) is 10.3 Å². The van der Waals surface area contributed by atoms with Gasteiger partial charge in [0.25, 0.3) is 5.56 Å². The number of carbonyl (C=O) groups is 1. The van der Waals surface area contributed by atoms with Crippen LogP contribution in [0.2, 0.25) is 0 Å². The highest BCUT2D eigenvalue weighted by Gasteiger charge is 2.04. The first-order valence-corrected chi connectivity index (χ1v) is 6.32. The van der Waals surface area contributed by atoms with E-state index in [-0.39, 0.29) is 18.9 Å². The Kier molecular flexibility index (Phi) is 4.55. The molecule has 21 heavy (non-hydrogen) atoms. The Hall–Kier alpha value is -2.83. The molecule has 2 N–H and O–H groups in total. The van der Waals surface area contributed by atoms with Crippen LogP contribution in [0.4, 0.5) is 5.69 Å². The summed E-state index contributed by atoms with van der Waals surface area (Å²) in [5.74, 6) is 0.478. The van der Waals surface area contributed by atoms with Crippen LogP contribution in [0.5, 0.6) is 5.75 Å². The van der Waals surface area contributed by atoms with E-state index >= 15 is 0 Å². The standard InChI is InChI=1S/C14H15N3O4/c1-21-11-4-2-10(3-5-11)15-12(18)6-8-17-9-7-13(19)16-14(17)20/h2-5,7,9H,6,8H2,1H3,(H,15,18)(H,16,19,20). The molecule has 7 heteroatoms. The number of ether oxygens (including phenoxy) is 1. The highest BCUT2D eigenvalue weighted by molar-refractivity contribution is 5.90. The minimum atomic E-state index is -0.528. The summed E-state index contributed by atoms with van der Waals surface area (Å²) >= 11 is 0. The monoisotopic (exact) mass is 289 g/mol. The van der Waals surface area contributed by atoms with Crippen molar-refractivity contribution in [2.45, 2.75) is 13.0 Å². The second-order valence-electron chi connectivity index (χ2n) is 4.33. The molecule has 1 aromatic carbocycles. The Balaban J connectivity index is 1.92. The number of nitrogens with one attached hydrogen (secondary N) is 2. The molecule has 0 saturated heterocycles. The van der Waals surface area contributed by atoms with E-state index in [9.17, 15) is 14.4 Å². The van der Waals surface area contributed by atoms with Crippen LogP contribution in [-0.4, -0.2) is 22.6 Å². The third kappa shape index (κ3) is 4.07. The fraction of sp³-hybridized carbons (Fsp3) is 0.214. The Bertz CT molecular complexity index is 731. The lowest BCUT2D eigenvalue weighted by molar-refractivity contribution is -0.116. The summed E-state index contributed by atoms with van der Waals surface area (Å²) in [7, 11) is 1.56. The Morgan fingerprint density at radius 3 is 2.57 bits per heavy atom. The summed E-state index contributed by atoms with van der Waals surface area (Å²) in [5, 5.41) is 2.71. The fourth-order valence-electron chi connectivity index (χ4n) is 1.74. The van der Waals surface area contributed by atoms with Crippen molar-refractivity contribution in [3.05, 3.63) is 57.4 Å². The third-order valence-electron chi connectivity index (χ3n) is 2.85. The van der Waals surface area contributed by atoms with Gasteiger partial charge >= 0.3 is 5.69 Å². The Morgan fingerprint density at radius 2 is 1.95 bits per heavy atom. The van der Waals surface area contributed by atoms with Gasteiger partial charge in [-0.1, -0.05) is 0 Å². The van der Waals surface area contributed by atoms with Gasteiger partial charge in [0.2, 0.25) is 5.91 Å². The molecular weight excluding hydrogens is 274 g/mol. The van der Waals surface area contributed by atoms with Crippen LogP contribution in [-0.2, 0) is 11.3 Å². The smallest absolute Gasteiger partial charge is 0.328 e. The minimum absolute atomic E-state index is 0.123. The van der Waals surface area contributed by atoms with Crippen molar-refractivity contribution < 1.29 is 9.53 Å². The van der Waals surface area contributed by atoms with Crippen molar-refractivity contribution in [2.24, 2.45) is 0 Å². The highest BCUT2D eigenvalue weighted by Crippen LogP contribution is 2.15. The number of methoxy groups -OCH3 is 1. The minimum Gasteiger partial charge on any atom is -0.497 e. The largest absolute Gasteiger partial charge is 0.497 e. The van der Waals surface area contributed by atoms with Gasteiger partial charge in [-0.3, -0.25) is 14.6 Å². The van der Waals surface area contributed by atoms with Crippen LogP contribution in [0.1, 0.15) is 6.42 Å². The molecule has 0 radical (unpaired) electrons. The van der Waals surface area contributed by atoms with Crippen LogP contribution < -0.4 is 21.3 Å². The average molecular weight is 289 g/mol. The fourth-order valence-corrected chi connectivity index (χ4v) is 1.74. The zero-order valence-electron chi connectivity index (χ0n) is 11.5. The summed E-state index contributed by atoms with van der Waals surface area (Å²) in [6, 6.07) is 8.17. The zero-order chi connectivity index (χ0) is 15.2. The first-order chi connectivity index (χ1) is 10.1. The molecule has 2 aromatic rings. The predicted molar refractivity (Wildman–Crippen MR) is 77.6 cm³/mol. The Labute approximate surface area is 120 Å². The number of H-pyrrole nitrogens is 1. The number of aromatic amines is 1. The van der Waals surface area contributed by atoms with Crippen molar-refractivity contribution in [3.63, 3.8) is 0 Å². The third-order valence-corrected chi connectivity index (χ3v) is 2.85. The van der Waals surface area contributed by atoms with Crippen LogP contribution in [0.25, 0.3) is 0 Å². The van der Waals surface area contributed by atoms with E-state index in [1.807, 2.05) is 0 Å². The normalized spacial score (nSPS) is 10.1. The number of rotatable bonds is 5. The van der Waals surface area contributed by atoms with E-state index < -0.39 is 11.2 Å². The molecule has 110 valence electrons. The van der Waals surface area contributed by atoms with Crippen molar-refractivity contribution in [1.29, 1.82) is 0 Å². The summed E-state index contributed by atoms with van der Waals surface area (Å²) in [4.78, 5) is 36.3. The SMILES string of the molecule is COc1ccc(NC(=O)CCn2ccc(=O)[nH]c2=O)cc1. The summed E-state index contributed by atoms with van der Waals surface area (Å²) in [6.45, 7) is 0.192. The molecule has 0 aliphatic carbocycles. The molecule has 1 aromatic heterocycles. The van der Waals surface area contributed by atoms with Crippen LogP contribution in [0.15, 0.2) is 46.1 Å². The van der Waals surface area contributed by atoms with Crippen LogP contribution in [0.3, 0.4) is 0 Å². The van der Waals surface area contributed by atoms with E-state index in [0.29, 0.717) is 11.4 Å². The molecule has 0 aliphatic rings. The van der Waals surface area contributed by atoms with Crippen molar-refractivity contribution in [2.75, 3.05) is 12.4 Å². The highest BCUT2D eigenvalue weighted by atomic mass is 16.5. The van der Waals surface area contributed by atoms with E-state index in [0.717, 1.165) is 0 Å². The number of hydrogen-bond donors (Lipinski definition) is 2. The number of benzene rings is 1. The second-order valence-corrected chi connectivity index (χ2v) is 4.33. The van der Waals surface area contributed by atoms with Gasteiger partial charge in [-0.25, -0.2) is 4.79 Å². The number of nitrogens with zero attached hydrogens (tertiary/aromatic N) is 1. The number of amides is 1. The van der Waals surface area contributed by atoms with Gasteiger partial charge in [0.1, 0.15) is 5.75 Å². The van der Waals surface area contributed by atoms with Gasteiger partial charge in [-0.15, -0.1) is 0 Å². The molecule has 0 fully saturated rings. The summed E-state index contributed by atoms with van der Waals surface area (Å²) in [6.07, 6.45) is 1.49. The van der Waals surface area contributed by atoms with Gasteiger partial charge in [0.05, 0.1) is 7.11 Å². The molecule has 0 spiro atoms. The maximum atomic E-state index is 11.8. The number of carbonyl (C=O) groups excluding carboxylic acids is 1. The lowest BCUT2D eigenvalue weighted by Gasteiger charge is -2.07. The van der Waals surface area contributed by atoms with Crippen molar-refractivity contribution >= 4 is 11.6 Å². The first kappa shape index (κ1) is 14.6. The predicted octanol–water partition coefficient (Wildman–Crippen LogP) is 0.574. The number of aromatic nitrogens is 2. The molecule has 0 atom stereocenters.